The summed E-state index contributed by atoms with van der Waals surface area (Å²) in [5, 5.41) is 22.6. The van der Waals surface area contributed by atoms with Crippen molar-refractivity contribution in [2.75, 3.05) is 11.9 Å². The van der Waals surface area contributed by atoms with Crippen LogP contribution in [0.5, 0.6) is 0 Å². The number of primary amides is 1. The Kier molecular flexibility index (Phi) is 4.28. The van der Waals surface area contributed by atoms with Crippen molar-refractivity contribution in [2.45, 2.75) is 13.8 Å². The molecule has 0 atom stereocenters. The fourth-order valence-corrected chi connectivity index (χ4v) is 1.38. The standard InChI is InChI=1S/C12H15N3O5/c1-12(2,11(17)18)6-14-8-4-3-7(10(13)16)5-9(8)15(19)20/h3-5,14H,6H2,1-2H3,(H2,13,16)(H,17,18). The van der Waals surface area contributed by atoms with Crippen molar-refractivity contribution in [1.29, 1.82) is 0 Å². The number of hydrogen-bond acceptors (Lipinski definition) is 5. The van der Waals surface area contributed by atoms with Crippen molar-refractivity contribution in [3.8, 4) is 0 Å². The number of carboxylic acids is 1. The van der Waals surface area contributed by atoms with Crippen molar-refractivity contribution < 1.29 is 19.6 Å². The van der Waals surface area contributed by atoms with Crippen molar-refractivity contribution in [1.82, 2.24) is 0 Å². The zero-order chi connectivity index (χ0) is 15.5. The predicted molar refractivity (Wildman–Crippen MR) is 71.5 cm³/mol. The van der Waals surface area contributed by atoms with Crippen LogP contribution >= 0.6 is 0 Å². The lowest BCUT2D eigenvalue weighted by Gasteiger charge is -2.20. The van der Waals surface area contributed by atoms with Gasteiger partial charge >= 0.3 is 5.97 Å². The number of nitro benzene ring substituents is 1. The third-order valence-corrected chi connectivity index (χ3v) is 2.78. The molecule has 4 N–H and O–H groups in total. The number of hydrogen-bond donors (Lipinski definition) is 3. The third kappa shape index (κ3) is 3.44. The number of carbonyl (C=O) groups is 2. The summed E-state index contributed by atoms with van der Waals surface area (Å²) in [6, 6.07) is 3.72. The zero-order valence-electron chi connectivity index (χ0n) is 11.0. The van der Waals surface area contributed by atoms with Gasteiger partial charge in [0.1, 0.15) is 5.69 Å². The first-order valence-electron chi connectivity index (χ1n) is 5.70. The van der Waals surface area contributed by atoms with Gasteiger partial charge in [-0.3, -0.25) is 19.7 Å². The lowest BCUT2D eigenvalue weighted by Crippen LogP contribution is -2.31. The van der Waals surface area contributed by atoms with Crippen LogP contribution in [-0.4, -0.2) is 28.5 Å². The summed E-state index contributed by atoms with van der Waals surface area (Å²) in [7, 11) is 0. The Morgan fingerprint density at radius 3 is 2.50 bits per heavy atom. The van der Waals surface area contributed by atoms with Crippen molar-refractivity contribution in [2.24, 2.45) is 11.1 Å². The highest BCUT2D eigenvalue weighted by molar-refractivity contribution is 5.94. The molecule has 108 valence electrons. The normalized spacial score (nSPS) is 10.9. The Balaban J connectivity index is 3.04. The summed E-state index contributed by atoms with van der Waals surface area (Å²) in [4.78, 5) is 32.3. The summed E-state index contributed by atoms with van der Waals surface area (Å²) in [5.41, 5.74) is 3.79. The maximum Gasteiger partial charge on any atom is 0.310 e. The Hall–Kier alpha value is -2.64. The minimum absolute atomic E-state index is 0.000901. The lowest BCUT2D eigenvalue weighted by molar-refractivity contribution is -0.384. The number of amides is 1. The van der Waals surface area contributed by atoms with E-state index in [2.05, 4.69) is 5.32 Å². The van der Waals surface area contributed by atoms with E-state index in [1.807, 2.05) is 0 Å². The zero-order valence-corrected chi connectivity index (χ0v) is 11.0. The average molecular weight is 281 g/mol. The molecule has 1 amide bonds. The number of nitrogens with two attached hydrogens (primary N) is 1. The molecule has 0 aromatic heterocycles. The van der Waals surface area contributed by atoms with Crippen LogP contribution in [0.1, 0.15) is 24.2 Å². The van der Waals surface area contributed by atoms with Gasteiger partial charge in [0.15, 0.2) is 0 Å². The van der Waals surface area contributed by atoms with Crippen LogP contribution in [0.15, 0.2) is 18.2 Å². The van der Waals surface area contributed by atoms with Gasteiger partial charge in [-0.15, -0.1) is 0 Å². The second-order valence-corrected chi connectivity index (χ2v) is 4.90. The Bertz CT molecular complexity index is 568. The van der Waals surface area contributed by atoms with E-state index in [1.165, 1.54) is 26.0 Å². The first-order valence-corrected chi connectivity index (χ1v) is 5.70. The van der Waals surface area contributed by atoms with Gasteiger partial charge in [-0.25, -0.2) is 0 Å². The van der Waals surface area contributed by atoms with Gasteiger partial charge in [0.05, 0.1) is 10.3 Å². The topological polar surface area (TPSA) is 136 Å². The number of anilines is 1. The van der Waals surface area contributed by atoms with Crippen LogP contribution in [0.2, 0.25) is 0 Å². The average Bonchev–Trinajstić information content (AvgIpc) is 2.35. The molecule has 0 radical (unpaired) electrons. The molecule has 1 aromatic carbocycles. The number of benzene rings is 1. The smallest absolute Gasteiger partial charge is 0.310 e. The minimum atomic E-state index is -1.09. The third-order valence-electron chi connectivity index (χ3n) is 2.78. The first kappa shape index (κ1) is 15.4. The van der Waals surface area contributed by atoms with Crippen LogP contribution in [0.3, 0.4) is 0 Å². The molecule has 0 unspecified atom stereocenters. The predicted octanol–water partition coefficient (Wildman–Crippen LogP) is 1.22. The van der Waals surface area contributed by atoms with Gasteiger partial charge in [0.2, 0.25) is 5.91 Å². The number of carboxylic acid groups (broad SMARTS) is 1. The molecule has 1 aromatic rings. The molecule has 20 heavy (non-hydrogen) atoms. The highest BCUT2D eigenvalue weighted by atomic mass is 16.6. The molecular weight excluding hydrogens is 266 g/mol. The van der Waals surface area contributed by atoms with E-state index in [9.17, 15) is 19.7 Å². The molecular formula is C12H15N3O5. The van der Waals surface area contributed by atoms with Crippen LogP contribution in [0.4, 0.5) is 11.4 Å². The SMILES string of the molecule is CC(C)(CNc1ccc(C(N)=O)cc1[N+](=O)[O-])C(=O)O. The largest absolute Gasteiger partial charge is 0.481 e. The number of carbonyl (C=O) groups excluding carboxylic acids is 1. The van der Waals surface area contributed by atoms with E-state index in [0.717, 1.165) is 6.07 Å². The Morgan fingerprint density at radius 2 is 2.05 bits per heavy atom. The molecule has 0 saturated heterocycles. The maximum absolute atomic E-state index is 11.0. The second kappa shape index (κ2) is 5.55. The van der Waals surface area contributed by atoms with Gasteiger partial charge in [-0.05, 0) is 26.0 Å². The molecule has 8 heteroatoms. The molecule has 1 rings (SSSR count). The summed E-state index contributed by atoms with van der Waals surface area (Å²) >= 11 is 0. The number of nitrogens with one attached hydrogen (secondary N) is 1. The molecule has 8 nitrogen and oxygen atoms in total. The van der Waals surface area contributed by atoms with E-state index >= 15 is 0 Å². The summed E-state index contributed by atoms with van der Waals surface area (Å²) in [6.45, 7) is 2.98. The minimum Gasteiger partial charge on any atom is -0.481 e. The van der Waals surface area contributed by atoms with Gasteiger partial charge in [0.25, 0.3) is 5.69 Å². The van der Waals surface area contributed by atoms with Gasteiger partial charge in [0, 0.05) is 18.2 Å². The summed E-state index contributed by atoms with van der Waals surface area (Å²) < 4.78 is 0. The highest BCUT2D eigenvalue weighted by Crippen LogP contribution is 2.27. The molecule has 0 spiro atoms. The van der Waals surface area contributed by atoms with E-state index in [-0.39, 0.29) is 23.5 Å². The van der Waals surface area contributed by atoms with Crippen molar-refractivity contribution in [3.05, 3.63) is 33.9 Å². The summed E-state index contributed by atoms with van der Waals surface area (Å²) in [6.07, 6.45) is 0. The molecule has 0 aliphatic carbocycles. The van der Waals surface area contributed by atoms with Gasteiger partial charge in [-0.1, -0.05) is 0 Å². The van der Waals surface area contributed by atoms with Gasteiger partial charge in [-0.2, -0.15) is 0 Å². The molecule has 0 saturated carbocycles. The Morgan fingerprint density at radius 1 is 1.45 bits per heavy atom. The lowest BCUT2D eigenvalue weighted by atomic mass is 9.94. The van der Waals surface area contributed by atoms with Crippen molar-refractivity contribution in [3.63, 3.8) is 0 Å². The van der Waals surface area contributed by atoms with E-state index in [0.29, 0.717) is 0 Å². The van der Waals surface area contributed by atoms with E-state index in [1.54, 1.807) is 0 Å². The molecule has 0 bridgehead atoms. The van der Waals surface area contributed by atoms with Crippen LogP contribution < -0.4 is 11.1 Å². The first-order chi connectivity index (χ1) is 9.15. The fourth-order valence-electron chi connectivity index (χ4n) is 1.38. The Labute approximate surface area is 114 Å². The van der Waals surface area contributed by atoms with E-state index in [4.69, 9.17) is 10.8 Å². The molecule has 0 aliphatic heterocycles. The number of rotatable bonds is 6. The highest BCUT2D eigenvalue weighted by Gasteiger charge is 2.28. The number of aliphatic carboxylic acids is 1. The summed E-state index contributed by atoms with van der Waals surface area (Å²) in [5.74, 6) is -1.80. The van der Waals surface area contributed by atoms with Gasteiger partial charge < -0.3 is 16.2 Å². The van der Waals surface area contributed by atoms with Crippen LogP contribution in [0.25, 0.3) is 0 Å². The molecule has 0 aliphatic rings. The fraction of sp³-hybridized carbons (Fsp3) is 0.333. The number of nitro groups is 1. The maximum atomic E-state index is 11.0. The second-order valence-electron chi connectivity index (χ2n) is 4.90. The van der Waals surface area contributed by atoms with Crippen LogP contribution in [0, 0.1) is 15.5 Å². The molecule has 0 heterocycles. The van der Waals surface area contributed by atoms with Crippen LogP contribution in [-0.2, 0) is 4.79 Å². The quantitative estimate of drug-likeness (QED) is 0.529. The molecule has 0 fully saturated rings. The monoisotopic (exact) mass is 281 g/mol. The van der Waals surface area contributed by atoms with Crippen molar-refractivity contribution >= 4 is 23.3 Å². The van der Waals surface area contributed by atoms with E-state index < -0.39 is 22.2 Å². The number of nitrogens with zero attached hydrogens (tertiary/aromatic N) is 1.